The van der Waals surface area contributed by atoms with Crippen molar-refractivity contribution in [1.29, 1.82) is 0 Å². The number of hydrogen-bond acceptors (Lipinski definition) is 4. The zero-order chi connectivity index (χ0) is 25.4. The van der Waals surface area contributed by atoms with Gasteiger partial charge < -0.3 is 9.47 Å². The standard InChI is InChI=1S/C32H47NO3/c1-3-5-7-8-9-11-26-12-14-27(15-13-26)16-19-29-20-23-31(25-33-29)36-32(34)28-17-21-30(22-18-28)35-24-10-6-4-2/h17-18,20-23,25-27H,3-16,19,24H2,1-2H3/t26-,27-. The summed E-state index contributed by atoms with van der Waals surface area (Å²) in [6.07, 6.45) is 21.3. The quantitative estimate of drug-likeness (QED) is 0.173. The number of esters is 1. The molecule has 1 aliphatic carbocycles. The van der Waals surface area contributed by atoms with E-state index in [0.717, 1.165) is 42.5 Å². The van der Waals surface area contributed by atoms with Gasteiger partial charge in [0.25, 0.3) is 0 Å². The van der Waals surface area contributed by atoms with Crippen molar-refractivity contribution < 1.29 is 14.3 Å². The van der Waals surface area contributed by atoms with Crippen LogP contribution in [0.4, 0.5) is 0 Å². The predicted octanol–water partition coefficient (Wildman–Crippen LogP) is 8.97. The van der Waals surface area contributed by atoms with Crippen LogP contribution < -0.4 is 9.47 Å². The first-order valence-corrected chi connectivity index (χ1v) is 14.6. The lowest BCUT2D eigenvalue weighted by Gasteiger charge is -2.28. The number of pyridine rings is 1. The molecule has 0 spiro atoms. The maximum atomic E-state index is 12.5. The number of unbranched alkanes of at least 4 members (excludes halogenated alkanes) is 6. The van der Waals surface area contributed by atoms with Gasteiger partial charge >= 0.3 is 5.97 Å². The van der Waals surface area contributed by atoms with E-state index in [1.165, 1.54) is 77.0 Å². The van der Waals surface area contributed by atoms with Crippen LogP contribution in [0.2, 0.25) is 0 Å². The zero-order valence-corrected chi connectivity index (χ0v) is 22.7. The van der Waals surface area contributed by atoms with Crippen LogP contribution in [0.3, 0.4) is 0 Å². The average Bonchev–Trinajstić information content (AvgIpc) is 2.91. The van der Waals surface area contributed by atoms with Crippen molar-refractivity contribution in [3.8, 4) is 11.5 Å². The Kier molecular flexibility index (Phi) is 12.9. The van der Waals surface area contributed by atoms with Crippen LogP contribution in [0.25, 0.3) is 0 Å². The molecule has 0 saturated heterocycles. The first-order chi connectivity index (χ1) is 17.7. The normalized spacial score (nSPS) is 17.6. The summed E-state index contributed by atoms with van der Waals surface area (Å²) in [6.45, 7) is 5.16. The van der Waals surface area contributed by atoms with Crippen LogP contribution in [-0.2, 0) is 6.42 Å². The molecule has 4 heteroatoms. The number of ether oxygens (including phenoxy) is 2. The number of aryl methyl sites for hydroxylation is 1. The first-order valence-electron chi connectivity index (χ1n) is 14.6. The molecule has 0 aliphatic heterocycles. The molecular formula is C32H47NO3. The van der Waals surface area contributed by atoms with Gasteiger partial charge in [0.05, 0.1) is 18.4 Å². The van der Waals surface area contributed by atoms with E-state index in [4.69, 9.17) is 9.47 Å². The van der Waals surface area contributed by atoms with E-state index < -0.39 is 0 Å². The van der Waals surface area contributed by atoms with Gasteiger partial charge in [0.2, 0.25) is 0 Å². The van der Waals surface area contributed by atoms with E-state index in [9.17, 15) is 4.79 Å². The van der Waals surface area contributed by atoms with Gasteiger partial charge in [-0.25, -0.2) is 4.79 Å². The minimum absolute atomic E-state index is 0.371. The van der Waals surface area contributed by atoms with E-state index in [1.807, 2.05) is 24.3 Å². The fraction of sp³-hybridized carbons (Fsp3) is 0.625. The first kappa shape index (κ1) is 28.2. The Bertz CT molecular complexity index is 854. The fourth-order valence-electron chi connectivity index (χ4n) is 5.21. The van der Waals surface area contributed by atoms with Crippen molar-refractivity contribution in [2.24, 2.45) is 11.8 Å². The average molecular weight is 494 g/mol. The predicted molar refractivity (Wildman–Crippen MR) is 148 cm³/mol. The Balaban J connectivity index is 1.33. The maximum absolute atomic E-state index is 12.5. The zero-order valence-electron chi connectivity index (χ0n) is 22.7. The summed E-state index contributed by atoms with van der Waals surface area (Å²) in [5.74, 6) is 2.69. The molecule has 0 radical (unpaired) electrons. The molecule has 1 saturated carbocycles. The third-order valence-corrected chi connectivity index (χ3v) is 7.61. The second kappa shape index (κ2) is 16.4. The van der Waals surface area contributed by atoms with E-state index in [-0.39, 0.29) is 5.97 Å². The van der Waals surface area contributed by atoms with Crippen LogP contribution in [-0.4, -0.2) is 17.6 Å². The fourth-order valence-corrected chi connectivity index (χ4v) is 5.21. The van der Waals surface area contributed by atoms with Gasteiger partial charge in [-0.3, -0.25) is 4.98 Å². The van der Waals surface area contributed by atoms with Gasteiger partial charge in [-0.1, -0.05) is 90.9 Å². The van der Waals surface area contributed by atoms with Crippen molar-refractivity contribution in [3.63, 3.8) is 0 Å². The Hall–Kier alpha value is -2.36. The summed E-state index contributed by atoms with van der Waals surface area (Å²) in [7, 11) is 0. The van der Waals surface area contributed by atoms with E-state index in [2.05, 4.69) is 18.8 Å². The van der Waals surface area contributed by atoms with Crippen molar-refractivity contribution in [2.45, 2.75) is 110 Å². The van der Waals surface area contributed by atoms with Gasteiger partial charge in [0.15, 0.2) is 0 Å². The molecule has 0 unspecified atom stereocenters. The van der Waals surface area contributed by atoms with Crippen LogP contribution in [0.1, 0.15) is 120 Å². The third-order valence-electron chi connectivity index (χ3n) is 7.61. The summed E-state index contributed by atoms with van der Waals surface area (Å²) in [5.41, 5.74) is 1.59. The molecule has 1 aromatic carbocycles. The van der Waals surface area contributed by atoms with Crippen molar-refractivity contribution in [1.82, 2.24) is 4.98 Å². The topological polar surface area (TPSA) is 48.4 Å². The number of carbonyl (C=O) groups is 1. The molecule has 0 atom stereocenters. The third kappa shape index (κ3) is 10.3. The number of aromatic nitrogens is 1. The molecule has 2 aromatic rings. The molecule has 1 heterocycles. The molecule has 0 bridgehead atoms. The van der Waals surface area contributed by atoms with E-state index in [0.29, 0.717) is 17.9 Å². The smallest absolute Gasteiger partial charge is 0.343 e. The lowest BCUT2D eigenvalue weighted by molar-refractivity contribution is 0.0734. The number of carbonyl (C=O) groups excluding carboxylic acids is 1. The molecule has 36 heavy (non-hydrogen) atoms. The lowest BCUT2D eigenvalue weighted by atomic mass is 9.78. The molecule has 4 nitrogen and oxygen atoms in total. The molecule has 1 aliphatic rings. The summed E-state index contributed by atoms with van der Waals surface area (Å²) >= 11 is 0. The highest BCUT2D eigenvalue weighted by Gasteiger charge is 2.21. The molecule has 0 N–H and O–H groups in total. The monoisotopic (exact) mass is 493 g/mol. The number of benzene rings is 1. The summed E-state index contributed by atoms with van der Waals surface area (Å²) in [6, 6.07) is 11.0. The van der Waals surface area contributed by atoms with Gasteiger partial charge in [-0.2, -0.15) is 0 Å². The van der Waals surface area contributed by atoms with Gasteiger partial charge in [0, 0.05) is 5.69 Å². The highest BCUT2D eigenvalue weighted by molar-refractivity contribution is 5.91. The van der Waals surface area contributed by atoms with Crippen molar-refractivity contribution in [2.75, 3.05) is 6.61 Å². The summed E-state index contributed by atoms with van der Waals surface area (Å²) < 4.78 is 11.2. The SMILES string of the molecule is CCCCCCC[C@H]1CC[C@H](CCc2ccc(OC(=O)c3ccc(OCCCCC)cc3)cn2)CC1. The Morgan fingerprint density at radius 1 is 0.778 bits per heavy atom. The molecule has 0 amide bonds. The van der Waals surface area contributed by atoms with E-state index >= 15 is 0 Å². The second-order valence-electron chi connectivity index (χ2n) is 10.6. The Morgan fingerprint density at radius 3 is 2.08 bits per heavy atom. The second-order valence-corrected chi connectivity index (χ2v) is 10.6. The van der Waals surface area contributed by atoms with Crippen LogP contribution in [0.5, 0.6) is 11.5 Å². The number of nitrogens with zero attached hydrogens (tertiary/aromatic N) is 1. The number of rotatable bonds is 16. The molecule has 1 fully saturated rings. The van der Waals surface area contributed by atoms with Crippen molar-refractivity contribution >= 4 is 5.97 Å². The number of hydrogen-bond donors (Lipinski definition) is 0. The van der Waals surface area contributed by atoms with Gasteiger partial charge in [-0.15, -0.1) is 0 Å². The molecule has 1 aromatic heterocycles. The van der Waals surface area contributed by atoms with Crippen LogP contribution >= 0.6 is 0 Å². The molecule has 198 valence electrons. The molecule has 3 rings (SSSR count). The Labute approximate surface area is 219 Å². The van der Waals surface area contributed by atoms with Crippen LogP contribution in [0, 0.1) is 11.8 Å². The maximum Gasteiger partial charge on any atom is 0.343 e. The van der Waals surface area contributed by atoms with Gasteiger partial charge in [0.1, 0.15) is 11.5 Å². The highest BCUT2D eigenvalue weighted by Crippen LogP contribution is 2.34. The summed E-state index contributed by atoms with van der Waals surface area (Å²) in [4.78, 5) is 17.0. The minimum Gasteiger partial charge on any atom is -0.494 e. The minimum atomic E-state index is -0.371. The largest absolute Gasteiger partial charge is 0.494 e. The highest BCUT2D eigenvalue weighted by atomic mass is 16.5. The lowest BCUT2D eigenvalue weighted by Crippen LogP contribution is -2.15. The molecular weight excluding hydrogens is 446 g/mol. The van der Waals surface area contributed by atoms with E-state index in [1.54, 1.807) is 18.3 Å². The van der Waals surface area contributed by atoms with Crippen LogP contribution in [0.15, 0.2) is 42.6 Å². The Morgan fingerprint density at radius 2 is 1.42 bits per heavy atom. The van der Waals surface area contributed by atoms with Crippen molar-refractivity contribution in [3.05, 3.63) is 53.9 Å². The summed E-state index contributed by atoms with van der Waals surface area (Å²) in [5, 5.41) is 0. The van der Waals surface area contributed by atoms with Gasteiger partial charge in [-0.05, 0) is 67.5 Å².